The molecule has 2 N–H and O–H groups in total. The molecule has 3 unspecified atom stereocenters. The number of rotatable bonds is 53. The van der Waals surface area contributed by atoms with Crippen molar-refractivity contribution in [2.75, 3.05) is 26.4 Å². The van der Waals surface area contributed by atoms with Gasteiger partial charge in [-0.3, -0.25) is 23.4 Å². The van der Waals surface area contributed by atoms with Gasteiger partial charge >= 0.3 is 25.7 Å². The first kappa shape index (κ1) is 70.4. The summed E-state index contributed by atoms with van der Waals surface area (Å²) in [4.78, 5) is 48.6. The van der Waals surface area contributed by atoms with E-state index < -0.39 is 57.8 Å². The van der Waals surface area contributed by atoms with E-state index in [0.29, 0.717) is 19.3 Å². The Morgan fingerprint density at radius 1 is 0.392 bits per heavy atom. The number of phosphoric ester groups is 1. The number of allylic oxidation sites excluding steroid dienone is 16. The zero-order valence-electron chi connectivity index (χ0n) is 46.8. The number of carbonyl (C=O) groups excluding carboxylic acids is 3. The molecule has 0 heterocycles. The zero-order chi connectivity index (χ0) is 54.1. The van der Waals surface area contributed by atoms with Crippen LogP contribution in [0.25, 0.3) is 0 Å². The number of hydrogen-bond acceptors (Lipinski definition) is 10. The van der Waals surface area contributed by atoms with Gasteiger partial charge in [-0.25, -0.2) is 4.57 Å². The molecular formula is C62H105O11P. The van der Waals surface area contributed by atoms with Crippen LogP contribution in [0.1, 0.15) is 239 Å². The van der Waals surface area contributed by atoms with Gasteiger partial charge in [0.2, 0.25) is 0 Å². The lowest BCUT2D eigenvalue weighted by Gasteiger charge is -2.21. The van der Waals surface area contributed by atoms with Crippen molar-refractivity contribution in [1.82, 2.24) is 0 Å². The Morgan fingerprint density at radius 3 is 1.09 bits per heavy atom. The minimum atomic E-state index is -4.77. The number of carbonyl (C=O) groups is 3. The number of aliphatic hydroxyl groups excluding tert-OH is 1. The average Bonchev–Trinajstić information content (AvgIpc) is 3.39. The molecule has 0 aliphatic carbocycles. The summed E-state index contributed by atoms with van der Waals surface area (Å²) in [6.45, 7) is 4.36. The minimum Gasteiger partial charge on any atom is -0.462 e. The van der Waals surface area contributed by atoms with Gasteiger partial charge in [0.25, 0.3) is 0 Å². The molecule has 0 amide bonds. The van der Waals surface area contributed by atoms with Gasteiger partial charge in [0, 0.05) is 19.3 Å². The summed E-state index contributed by atoms with van der Waals surface area (Å²) in [5, 5.41) is 9.82. The third kappa shape index (κ3) is 53.2. The second kappa shape index (κ2) is 55.6. The van der Waals surface area contributed by atoms with E-state index in [9.17, 15) is 28.9 Å². The first-order valence-electron chi connectivity index (χ1n) is 29.1. The lowest BCUT2D eigenvalue weighted by atomic mass is 10.1. The molecule has 0 aliphatic rings. The fourth-order valence-electron chi connectivity index (χ4n) is 7.59. The largest absolute Gasteiger partial charge is 0.472 e. The van der Waals surface area contributed by atoms with E-state index in [4.69, 9.17) is 23.3 Å². The van der Waals surface area contributed by atoms with Crippen molar-refractivity contribution in [3.05, 3.63) is 97.2 Å². The molecule has 0 saturated heterocycles. The van der Waals surface area contributed by atoms with Gasteiger partial charge in [-0.15, -0.1) is 0 Å². The summed E-state index contributed by atoms with van der Waals surface area (Å²) >= 11 is 0. The van der Waals surface area contributed by atoms with Crippen LogP contribution in [0.3, 0.4) is 0 Å². The van der Waals surface area contributed by atoms with E-state index in [0.717, 1.165) is 141 Å². The number of hydrogen-bond donors (Lipinski definition) is 2. The van der Waals surface area contributed by atoms with Crippen LogP contribution in [-0.4, -0.2) is 66.5 Å². The van der Waals surface area contributed by atoms with E-state index >= 15 is 0 Å². The van der Waals surface area contributed by atoms with Crippen molar-refractivity contribution in [2.45, 2.75) is 251 Å². The highest BCUT2D eigenvalue weighted by molar-refractivity contribution is 7.47. The van der Waals surface area contributed by atoms with Crippen LogP contribution >= 0.6 is 7.82 Å². The molecule has 3 atom stereocenters. The molecule has 0 rings (SSSR count). The number of esters is 3. The van der Waals surface area contributed by atoms with Crippen LogP contribution in [0, 0.1) is 0 Å². The second-order valence-corrected chi connectivity index (χ2v) is 20.5. The molecule has 74 heavy (non-hydrogen) atoms. The van der Waals surface area contributed by atoms with E-state index in [1.807, 2.05) is 0 Å². The van der Waals surface area contributed by atoms with Gasteiger partial charge in [-0.1, -0.05) is 201 Å². The highest BCUT2D eigenvalue weighted by Crippen LogP contribution is 2.43. The monoisotopic (exact) mass is 1060 g/mol. The summed E-state index contributed by atoms with van der Waals surface area (Å²) in [5.74, 6) is -1.52. The number of unbranched alkanes of at least 4 members (excludes halogenated alkanes) is 20. The lowest BCUT2D eigenvalue weighted by molar-refractivity contribution is -0.161. The van der Waals surface area contributed by atoms with E-state index in [1.54, 1.807) is 0 Å². The molecule has 0 aromatic carbocycles. The fraction of sp³-hybridized carbons (Fsp3) is 0.694. The summed E-state index contributed by atoms with van der Waals surface area (Å²) in [7, 11) is -4.77. The van der Waals surface area contributed by atoms with Gasteiger partial charge in [0.1, 0.15) is 12.7 Å². The fourth-order valence-corrected chi connectivity index (χ4v) is 8.37. The molecule has 0 saturated carbocycles. The van der Waals surface area contributed by atoms with Crippen molar-refractivity contribution < 1.29 is 52.2 Å². The third-order valence-corrected chi connectivity index (χ3v) is 12.9. The maximum atomic E-state index is 12.9. The van der Waals surface area contributed by atoms with E-state index in [1.165, 1.54) is 38.5 Å². The standard InChI is InChI=1S/C62H105O11P/c1-4-7-10-13-16-19-22-25-28-29-32-35-38-41-44-47-50-53-62(66)73-59(55-69-60(64)51-48-45-42-39-36-33-30-26-23-20-17-14-11-8-5-2)57-71-74(67,68)70-56-58(54-63)72-61(65)52-49-46-43-40-37-34-31-27-24-21-18-15-12-9-6-3/h7,9-10,12,16,18-19,21,25-28,30-32,35,58-59,63H,4-6,8,11,13-15,17,20,22-24,29,33-34,36-57H2,1-3H3,(H,67,68)/b10-7-,12-9-,19-16-,21-18-,28-25-,30-26-,31-27-,35-32-. The van der Waals surface area contributed by atoms with Crippen LogP contribution in [-0.2, 0) is 42.2 Å². The average molecular weight is 1060 g/mol. The van der Waals surface area contributed by atoms with E-state index in [-0.39, 0.29) is 25.9 Å². The van der Waals surface area contributed by atoms with Crippen molar-refractivity contribution in [1.29, 1.82) is 0 Å². The van der Waals surface area contributed by atoms with Crippen molar-refractivity contribution >= 4 is 25.7 Å². The predicted octanol–water partition coefficient (Wildman–Crippen LogP) is 17.3. The summed E-state index contributed by atoms with van der Waals surface area (Å²) in [5.41, 5.74) is 0. The molecule has 0 aromatic rings. The van der Waals surface area contributed by atoms with Crippen LogP contribution in [0.4, 0.5) is 0 Å². The highest BCUT2D eigenvalue weighted by Gasteiger charge is 2.28. The van der Waals surface area contributed by atoms with Gasteiger partial charge in [0.05, 0.1) is 19.8 Å². The summed E-state index contributed by atoms with van der Waals surface area (Å²) in [6, 6.07) is 0. The van der Waals surface area contributed by atoms with Crippen molar-refractivity contribution in [3.8, 4) is 0 Å². The molecule has 0 aliphatic heterocycles. The Balaban J connectivity index is 4.80. The molecule has 12 heteroatoms. The van der Waals surface area contributed by atoms with Crippen LogP contribution in [0.15, 0.2) is 97.2 Å². The third-order valence-electron chi connectivity index (χ3n) is 12.0. The smallest absolute Gasteiger partial charge is 0.462 e. The van der Waals surface area contributed by atoms with Gasteiger partial charge in [-0.05, 0) is 116 Å². The van der Waals surface area contributed by atoms with E-state index in [2.05, 4.69) is 118 Å². The molecule has 0 spiro atoms. The number of phosphoric acid groups is 1. The number of aliphatic hydroxyl groups is 1. The summed E-state index contributed by atoms with van der Waals surface area (Å²) < 4.78 is 39.5. The molecule has 0 bridgehead atoms. The molecule has 11 nitrogen and oxygen atoms in total. The van der Waals surface area contributed by atoms with Crippen LogP contribution < -0.4 is 0 Å². The summed E-state index contributed by atoms with van der Waals surface area (Å²) in [6.07, 6.45) is 65.0. The van der Waals surface area contributed by atoms with Crippen LogP contribution in [0.2, 0.25) is 0 Å². The topological polar surface area (TPSA) is 155 Å². The van der Waals surface area contributed by atoms with Crippen LogP contribution in [0.5, 0.6) is 0 Å². The Morgan fingerprint density at radius 2 is 0.703 bits per heavy atom. The minimum absolute atomic E-state index is 0.133. The Bertz CT molecular complexity index is 1610. The first-order chi connectivity index (χ1) is 36.2. The number of ether oxygens (including phenoxy) is 3. The second-order valence-electron chi connectivity index (χ2n) is 19.0. The van der Waals surface area contributed by atoms with Gasteiger partial charge in [-0.2, -0.15) is 0 Å². The Labute approximate surface area is 451 Å². The molecule has 0 aromatic heterocycles. The quantitative estimate of drug-likeness (QED) is 0.0197. The normalized spacial score (nSPS) is 14.1. The Kier molecular flexibility index (Phi) is 52.9. The molecule has 424 valence electrons. The first-order valence-corrected chi connectivity index (χ1v) is 30.6. The van der Waals surface area contributed by atoms with Crippen molar-refractivity contribution in [3.63, 3.8) is 0 Å². The highest BCUT2D eigenvalue weighted by atomic mass is 31.2. The lowest BCUT2D eigenvalue weighted by Crippen LogP contribution is -2.30. The molecule has 0 radical (unpaired) electrons. The SMILES string of the molecule is CC/C=C\C/C=C\C/C=C\C/C=C\CCCCCCC(=O)OC(COC(=O)CCCCCCC/C=C\CCCCCCCC)COP(=O)(O)OCC(CO)OC(=O)CCCCCCC/C=C\C/C=C\C/C=C\CC. The maximum absolute atomic E-state index is 12.9. The molecule has 0 fully saturated rings. The van der Waals surface area contributed by atoms with Gasteiger partial charge < -0.3 is 24.2 Å². The van der Waals surface area contributed by atoms with Gasteiger partial charge in [0.15, 0.2) is 6.10 Å². The van der Waals surface area contributed by atoms with Crippen molar-refractivity contribution in [2.24, 2.45) is 0 Å². The molecular weight excluding hydrogens is 952 g/mol. The maximum Gasteiger partial charge on any atom is 0.472 e. The predicted molar refractivity (Wildman–Crippen MR) is 307 cm³/mol. The Hall–Kier alpha value is -3.60. The zero-order valence-corrected chi connectivity index (χ0v) is 47.7.